The van der Waals surface area contributed by atoms with Crippen molar-refractivity contribution in [3.05, 3.63) is 63.5 Å². The predicted octanol–water partition coefficient (Wildman–Crippen LogP) is 1.39. The van der Waals surface area contributed by atoms with Crippen LogP contribution in [0.4, 0.5) is 5.69 Å². The largest absolute Gasteiger partial charge is 0.456 e. The number of primary amides is 1. The summed E-state index contributed by atoms with van der Waals surface area (Å²) in [4.78, 5) is 33.3. The summed E-state index contributed by atoms with van der Waals surface area (Å²) in [6.45, 7) is -0.278. The Hall–Kier alpha value is -3.16. The maximum atomic E-state index is 11.9. The van der Waals surface area contributed by atoms with Crippen molar-refractivity contribution >= 4 is 17.6 Å². The van der Waals surface area contributed by atoms with E-state index < -0.39 is 16.8 Å². The van der Waals surface area contributed by atoms with Gasteiger partial charge in [0.15, 0.2) is 0 Å². The molecule has 0 unspecified atom stereocenters. The number of carbonyl (C=O) groups is 2. The van der Waals surface area contributed by atoms with Crippen LogP contribution < -0.4 is 5.73 Å². The third-order valence-corrected chi connectivity index (χ3v) is 3.08. The topological polar surface area (TPSA) is 117 Å². The summed E-state index contributed by atoms with van der Waals surface area (Å²) in [5, 5.41) is 11.0. The number of nitrogens with zero attached hydrogens (tertiary/aromatic N) is 2. The summed E-state index contributed by atoms with van der Waals surface area (Å²) < 4.78 is 6.64. The van der Waals surface area contributed by atoms with E-state index in [2.05, 4.69) is 0 Å². The maximum absolute atomic E-state index is 11.9. The summed E-state index contributed by atoms with van der Waals surface area (Å²) in [5.41, 5.74) is 5.29. The first-order valence-corrected chi connectivity index (χ1v) is 6.25. The molecule has 2 aromatic rings. The number of nitrogens with two attached hydrogens (primary N) is 1. The highest BCUT2D eigenvalue weighted by Crippen LogP contribution is 2.21. The third-order valence-electron chi connectivity index (χ3n) is 3.08. The molecule has 0 aliphatic carbocycles. The highest BCUT2D eigenvalue weighted by molar-refractivity contribution is 5.93. The molecular formula is C14H13N3O5. The van der Waals surface area contributed by atoms with E-state index in [1.165, 1.54) is 12.1 Å². The number of benzene rings is 1. The number of hydrogen-bond acceptors (Lipinski definition) is 5. The van der Waals surface area contributed by atoms with Gasteiger partial charge in [-0.2, -0.15) is 0 Å². The number of ether oxygens (including phenoxy) is 1. The molecule has 0 saturated heterocycles. The van der Waals surface area contributed by atoms with Crippen LogP contribution in [0.15, 0.2) is 36.5 Å². The second kappa shape index (κ2) is 6.08. The van der Waals surface area contributed by atoms with Crippen molar-refractivity contribution in [3.8, 4) is 0 Å². The maximum Gasteiger partial charge on any atom is 0.355 e. The fraction of sp³-hybridized carbons (Fsp3) is 0.143. The summed E-state index contributed by atoms with van der Waals surface area (Å²) in [6.07, 6.45) is 1.68. The lowest BCUT2D eigenvalue weighted by Gasteiger charge is -2.07. The average Bonchev–Trinajstić information content (AvgIpc) is 2.90. The molecule has 0 aliphatic rings. The van der Waals surface area contributed by atoms with E-state index in [0.717, 1.165) is 6.07 Å². The van der Waals surface area contributed by atoms with Crippen LogP contribution in [0, 0.1) is 10.1 Å². The zero-order valence-electron chi connectivity index (χ0n) is 11.7. The van der Waals surface area contributed by atoms with E-state index in [4.69, 9.17) is 10.5 Å². The number of amides is 1. The summed E-state index contributed by atoms with van der Waals surface area (Å²) in [5.74, 6) is -1.36. The van der Waals surface area contributed by atoms with E-state index in [-0.39, 0.29) is 23.4 Å². The van der Waals surface area contributed by atoms with Gasteiger partial charge in [0, 0.05) is 24.9 Å². The number of nitro benzene ring substituents is 1. The van der Waals surface area contributed by atoms with E-state index in [1.807, 2.05) is 0 Å². The molecule has 8 heteroatoms. The van der Waals surface area contributed by atoms with Crippen molar-refractivity contribution in [2.24, 2.45) is 12.8 Å². The van der Waals surface area contributed by atoms with Crippen LogP contribution in [-0.2, 0) is 18.4 Å². The lowest BCUT2D eigenvalue weighted by Crippen LogP contribution is -2.13. The fourth-order valence-corrected chi connectivity index (χ4v) is 1.90. The minimum Gasteiger partial charge on any atom is -0.456 e. The Kier molecular flexibility index (Phi) is 4.21. The lowest BCUT2D eigenvalue weighted by molar-refractivity contribution is -0.385. The molecule has 2 rings (SSSR count). The number of rotatable bonds is 5. The van der Waals surface area contributed by atoms with Gasteiger partial charge in [-0.15, -0.1) is 0 Å². The smallest absolute Gasteiger partial charge is 0.355 e. The van der Waals surface area contributed by atoms with Crippen LogP contribution in [0.5, 0.6) is 0 Å². The molecule has 0 bridgehead atoms. The molecule has 1 heterocycles. The molecule has 0 fully saturated rings. The highest BCUT2D eigenvalue weighted by Gasteiger charge is 2.18. The first-order chi connectivity index (χ1) is 10.4. The van der Waals surface area contributed by atoms with Crippen LogP contribution in [0.25, 0.3) is 0 Å². The van der Waals surface area contributed by atoms with Gasteiger partial charge in [0.05, 0.1) is 10.5 Å². The lowest BCUT2D eigenvalue weighted by atomic mass is 10.1. The molecule has 0 aliphatic heterocycles. The van der Waals surface area contributed by atoms with Crippen LogP contribution >= 0.6 is 0 Å². The molecule has 1 aromatic carbocycles. The Morgan fingerprint density at radius 3 is 2.64 bits per heavy atom. The number of hydrogen-bond donors (Lipinski definition) is 1. The van der Waals surface area contributed by atoms with Gasteiger partial charge in [-0.1, -0.05) is 0 Å². The zero-order chi connectivity index (χ0) is 16.3. The van der Waals surface area contributed by atoms with Crippen LogP contribution in [0.1, 0.15) is 26.4 Å². The van der Waals surface area contributed by atoms with E-state index >= 15 is 0 Å². The first kappa shape index (κ1) is 15.2. The second-order valence-corrected chi connectivity index (χ2v) is 4.55. The molecule has 0 spiro atoms. The van der Waals surface area contributed by atoms with Gasteiger partial charge < -0.3 is 15.0 Å². The zero-order valence-corrected chi connectivity index (χ0v) is 11.7. The van der Waals surface area contributed by atoms with Crippen molar-refractivity contribution in [1.82, 2.24) is 4.57 Å². The fourth-order valence-electron chi connectivity index (χ4n) is 1.90. The van der Waals surface area contributed by atoms with Gasteiger partial charge in [-0.05, 0) is 24.3 Å². The van der Waals surface area contributed by atoms with E-state index in [0.29, 0.717) is 5.69 Å². The van der Waals surface area contributed by atoms with Gasteiger partial charge >= 0.3 is 5.97 Å². The first-order valence-electron chi connectivity index (χ1n) is 6.25. The normalized spacial score (nSPS) is 10.2. The summed E-state index contributed by atoms with van der Waals surface area (Å²) in [6, 6.07) is 7.01. The van der Waals surface area contributed by atoms with Gasteiger partial charge in [0.1, 0.15) is 12.3 Å². The van der Waals surface area contributed by atoms with Crippen molar-refractivity contribution < 1.29 is 19.2 Å². The summed E-state index contributed by atoms with van der Waals surface area (Å²) in [7, 11) is 1.68. The highest BCUT2D eigenvalue weighted by atomic mass is 16.6. The third kappa shape index (κ3) is 3.11. The Balaban J connectivity index is 2.19. The minimum atomic E-state index is -0.768. The number of nitro groups is 1. The molecule has 22 heavy (non-hydrogen) atoms. The van der Waals surface area contributed by atoms with Gasteiger partial charge in [0.25, 0.3) is 5.69 Å². The quantitative estimate of drug-likeness (QED) is 0.508. The average molecular weight is 303 g/mol. The molecule has 114 valence electrons. The molecular weight excluding hydrogens is 290 g/mol. The van der Waals surface area contributed by atoms with E-state index in [1.54, 1.807) is 29.9 Å². The molecule has 1 aromatic heterocycles. The van der Waals surface area contributed by atoms with Gasteiger partial charge in [-0.3, -0.25) is 14.9 Å². The van der Waals surface area contributed by atoms with Crippen molar-refractivity contribution in [2.75, 3.05) is 0 Å². The van der Waals surface area contributed by atoms with E-state index in [9.17, 15) is 19.7 Å². The standard InChI is InChI=1S/C14H13N3O5/c1-16-6-2-3-11(16)14(19)22-8-10-5-4-9(13(15)18)7-12(10)17(20)21/h2-7H,8H2,1H3,(H2,15,18). The Bertz CT molecular complexity index is 751. The monoisotopic (exact) mass is 303 g/mol. The number of aromatic nitrogens is 1. The Labute approximate surface area is 125 Å². The van der Waals surface area contributed by atoms with Gasteiger partial charge in [-0.25, -0.2) is 4.79 Å². The molecule has 0 saturated carbocycles. The van der Waals surface area contributed by atoms with Crippen molar-refractivity contribution in [3.63, 3.8) is 0 Å². The SMILES string of the molecule is Cn1cccc1C(=O)OCc1ccc(C(N)=O)cc1[N+](=O)[O-]. The second-order valence-electron chi connectivity index (χ2n) is 4.55. The molecule has 8 nitrogen and oxygen atoms in total. The van der Waals surface area contributed by atoms with Gasteiger partial charge in [0.2, 0.25) is 5.91 Å². The molecule has 0 radical (unpaired) electrons. The predicted molar refractivity (Wildman–Crippen MR) is 76.1 cm³/mol. The Morgan fingerprint density at radius 2 is 2.09 bits per heavy atom. The minimum absolute atomic E-state index is 0.0178. The van der Waals surface area contributed by atoms with Crippen molar-refractivity contribution in [1.29, 1.82) is 0 Å². The summed E-state index contributed by atoms with van der Waals surface area (Å²) >= 11 is 0. The number of esters is 1. The molecule has 1 amide bonds. The number of aryl methyl sites for hydroxylation is 1. The molecule has 2 N–H and O–H groups in total. The number of carbonyl (C=O) groups excluding carboxylic acids is 2. The van der Waals surface area contributed by atoms with Crippen molar-refractivity contribution in [2.45, 2.75) is 6.61 Å². The van der Waals surface area contributed by atoms with Crippen LogP contribution in [-0.4, -0.2) is 21.4 Å². The molecule has 0 atom stereocenters. The van der Waals surface area contributed by atoms with Crippen LogP contribution in [0.2, 0.25) is 0 Å². The Morgan fingerprint density at radius 1 is 1.36 bits per heavy atom. The van der Waals surface area contributed by atoms with Crippen LogP contribution in [0.3, 0.4) is 0 Å².